The molecule has 2 rings (SSSR count). The standard InChI is InChI=1S/C12H17NO2S/c1-3-15-12(14)10-7-16-11-6-8(13-2)4-5-9(10)11/h7-8,13H,3-6H2,1-2H3. The van der Waals surface area contributed by atoms with Crippen molar-refractivity contribution in [3.8, 4) is 0 Å². The first-order valence-electron chi connectivity index (χ1n) is 5.69. The molecule has 3 nitrogen and oxygen atoms in total. The number of esters is 1. The maximum absolute atomic E-state index is 11.7. The zero-order valence-electron chi connectivity index (χ0n) is 9.71. The number of rotatable bonds is 3. The van der Waals surface area contributed by atoms with Gasteiger partial charge in [0.05, 0.1) is 12.2 Å². The molecule has 0 saturated heterocycles. The van der Waals surface area contributed by atoms with Crippen LogP contribution in [-0.4, -0.2) is 25.7 Å². The largest absolute Gasteiger partial charge is 0.462 e. The molecule has 1 aromatic rings. The Morgan fingerprint density at radius 2 is 2.50 bits per heavy atom. The zero-order chi connectivity index (χ0) is 11.5. The smallest absolute Gasteiger partial charge is 0.339 e. The molecule has 0 saturated carbocycles. The highest BCUT2D eigenvalue weighted by molar-refractivity contribution is 7.10. The van der Waals surface area contributed by atoms with E-state index >= 15 is 0 Å². The lowest BCUT2D eigenvalue weighted by Crippen LogP contribution is -2.31. The third kappa shape index (κ3) is 2.13. The average molecular weight is 239 g/mol. The molecular formula is C12H17NO2S. The normalized spacial score (nSPS) is 19.2. The van der Waals surface area contributed by atoms with E-state index in [1.807, 2.05) is 19.4 Å². The fourth-order valence-corrected chi connectivity index (χ4v) is 3.29. The van der Waals surface area contributed by atoms with Crippen LogP contribution in [0.1, 0.15) is 34.1 Å². The maximum Gasteiger partial charge on any atom is 0.339 e. The van der Waals surface area contributed by atoms with Crippen molar-refractivity contribution < 1.29 is 9.53 Å². The van der Waals surface area contributed by atoms with Crippen molar-refractivity contribution in [3.63, 3.8) is 0 Å². The summed E-state index contributed by atoms with van der Waals surface area (Å²) in [6.45, 7) is 2.29. The zero-order valence-corrected chi connectivity index (χ0v) is 10.5. The van der Waals surface area contributed by atoms with Gasteiger partial charge in [-0.3, -0.25) is 0 Å². The molecule has 1 heterocycles. The number of thiophene rings is 1. The molecule has 1 aliphatic rings. The minimum atomic E-state index is -0.164. The fourth-order valence-electron chi connectivity index (χ4n) is 2.14. The van der Waals surface area contributed by atoms with Gasteiger partial charge < -0.3 is 10.1 Å². The quantitative estimate of drug-likeness (QED) is 0.820. The Morgan fingerprint density at radius 1 is 1.69 bits per heavy atom. The van der Waals surface area contributed by atoms with Crippen LogP contribution in [0.15, 0.2) is 5.38 Å². The van der Waals surface area contributed by atoms with Crippen LogP contribution in [0.5, 0.6) is 0 Å². The van der Waals surface area contributed by atoms with E-state index in [-0.39, 0.29) is 5.97 Å². The summed E-state index contributed by atoms with van der Waals surface area (Å²) in [6.07, 6.45) is 3.13. The van der Waals surface area contributed by atoms with Crippen LogP contribution in [0, 0.1) is 0 Å². The number of hydrogen-bond acceptors (Lipinski definition) is 4. The second-order valence-corrected chi connectivity index (χ2v) is 4.96. The molecule has 1 N–H and O–H groups in total. The Balaban J connectivity index is 2.19. The van der Waals surface area contributed by atoms with Gasteiger partial charge in [-0.05, 0) is 38.8 Å². The Kier molecular flexibility index (Phi) is 3.61. The average Bonchev–Trinajstić information content (AvgIpc) is 2.71. The minimum Gasteiger partial charge on any atom is -0.462 e. The van der Waals surface area contributed by atoms with Crippen LogP contribution < -0.4 is 5.32 Å². The van der Waals surface area contributed by atoms with Gasteiger partial charge in [-0.2, -0.15) is 0 Å². The summed E-state index contributed by atoms with van der Waals surface area (Å²) in [4.78, 5) is 13.0. The highest BCUT2D eigenvalue weighted by Crippen LogP contribution is 2.30. The molecule has 1 atom stereocenters. The molecule has 0 radical (unpaired) electrons. The van der Waals surface area contributed by atoms with Gasteiger partial charge in [0.2, 0.25) is 0 Å². The predicted molar refractivity (Wildman–Crippen MR) is 65.1 cm³/mol. The van der Waals surface area contributed by atoms with Gasteiger partial charge >= 0.3 is 5.97 Å². The molecule has 0 amide bonds. The third-order valence-corrected chi connectivity index (χ3v) is 4.11. The number of fused-ring (bicyclic) bond motifs is 1. The first kappa shape index (κ1) is 11.6. The van der Waals surface area contributed by atoms with E-state index in [1.165, 1.54) is 10.4 Å². The number of nitrogens with one attached hydrogen (secondary N) is 1. The van der Waals surface area contributed by atoms with E-state index in [1.54, 1.807) is 11.3 Å². The van der Waals surface area contributed by atoms with E-state index in [4.69, 9.17) is 4.74 Å². The number of carbonyl (C=O) groups is 1. The summed E-state index contributed by atoms with van der Waals surface area (Å²) in [5, 5.41) is 5.24. The number of likely N-dealkylation sites (N-methyl/N-ethyl adjacent to an activating group) is 1. The van der Waals surface area contributed by atoms with Gasteiger partial charge in [-0.15, -0.1) is 11.3 Å². The molecule has 0 aliphatic heterocycles. The van der Waals surface area contributed by atoms with Crippen molar-refractivity contribution in [1.29, 1.82) is 0 Å². The molecule has 0 fully saturated rings. The van der Waals surface area contributed by atoms with Crippen molar-refractivity contribution in [1.82, 2.24) is 5.32 Å². The first-order valence-corrected chi connectivity index (χ1v) is 6.57. The molecule has 0 spiro atoms. The summed E-state index contributed by atoms with van der Waals surface area (Å²) in [6, 6.07) is 0.557. The Labute approximate surface area is 99.8 Å². The van der Waals surface area contributed by atoms with Crippen LogP contribution >= 0.6 is 11.3 Å². The second kappa shape index (κ2) is 4.97. The van der Waals surface area contributed by atoms with E-state index in [2.05, 4.69) is 5.32 Å². The lowest BCUT2D eigenvalue weighted by molar-refractivity contribution is 0.0525. The Hall–Kier alpha value is -0.870. The SMILES string of the molecule is CCOC(=O)c1csc2c1CCC(NC)C2. The van der Waals surface area contributed by atoms with Crippen molar-refractivity contribution in [2.45, 2.75) is 32.2 Å². The fraction of sp³-hybridized carbons (Fsp3) is 0.583. The van der Waals surface area contributed by atoms with Gasteiger partial charge in [0.1, 0.15) is 0 Å². The van der Waals surface area contributed by atoms with Crippen LogP contribution in [-0.2, 0) is 17.6 Å². The third-order valence-electron chi connectivity index (χ3n) is 3.06. The van der Waals surface area contributed by atoms with E-state index < -0.39 is 0 Å². The van der Waals surface area contributed by atoms with E-state index in [9.17, 15) is 4.79 Å². The van der Waals surface area contributed by atoms with Gasteiger partial charge in [-0.25, -0.2) is 4.79 Å². The van der Waals surface area contributed by atoms with Crippen molar-refractivity contribution in [2.24, 2.45) is 0 Å². The molecule has 1 aliphatic carbocycles. The summed E-state index contributed by atoms with van der Waals surface area (Å²) >= 11 is 1.68. The summed E-state index contributed by atoms with van der Waals surface area (Å²) in [5.41, 5.74) is 2.01. The van der Waals surface area contributed by atoms with Crippen molar-refractivity contribution in [2.75, 3.05) is 13.7 Å². The molecule has 1 unspecified atom stereocenters. The molecule has 88 valence electrons. The van der Waals surface area contributed by atoms with E-state index in [0.29, 0.717) is 12.6 Å². The van der Waals surface area contributed by atoms with Crippen molar-refractivity contribution >= 4 is 17.3 Å². The number of ether oxygens (including phenoxy) is 1. The summed E-state index contributed by atoms with van der Waals surface area (Å²) in [5.74, 6) is -0.164. The van der Waals surface area contributed by atoms with Crippen LogP contribution in [0.2, 0.25) is 0 Å². The molecule has 16 heavy (non-hydrogen) atoms. The minimum absolute atomic E-state index is 0.164. The van der Waals surface area contributed by atoms with E-state index in [0.717, 1.165) is 24.8 Å². The lowest BCUT2D eigenvalue weighted by Gasteiger charge is -2.21. The monoisotopic (exact) mass is 239 g/mol. The summed E-state index contributed by atoms with van der Waals surface area (Å²) in [7, 11) is 2.00. The Morgan fingerprint density at radius 3 is 3.19 bits per heavy atom. The lowest BCUT2D eigenvalue weighted by atomic mass is 9.92. The van der Waals surface area contributed by atoms with Gasteiger partial charge in [0.15, 0.2) is 0 Å². The van der Waals surface area contributed by atoms with Crippen LogP contribution in [0.4, 0.5) is 0 Å². The van der Waals surface area contributed by atoms with Gasteiger partial charge in [-0.1, -0.05) is 0 Å². The molecular weight excluding hydrogens is 222 g/mol. The summed E-state index contributed by atoms with van der Waals surface area (Å²) < 4.78 is 5.06. The maximum atomic E-state index is 11.7. The highest BCUT2D eigenvalue weighted by Gasteiger charge is 2.24. The molecule has 0 aromatic carbocycles. The number of carbonyl (C=O) groups excluding carboxylic acids is 1. The molecule has 1 aromatic heterocycles. The predicted octanol–water partition coefficient (Wildman–Crippen LogP) is 2.00. The number of hydrogen-bond donors (Lipinski definition) is 1. The van der Waals surface area contributed by atoms with Crippen LogP contribution in [0.3, 0.4) is 0 Å². The topological polar surface area (TPSA) is 38.3 Å². The Bertz CT molecular complexity index is 386. The van der Waals surface area contributed by atoms with Crippen molar-refractivity contribution in [3.05, 3.63) is 21.4 Å². The molecule has 0 bridgehead atoms. The highest BCUT2D eigenvalue weighted by atomic mass is 32.1. The first-order chi connectivity index (χ1) is 7.76. The second-order valence-electron chi connectivity index (χ2n) is 4.00. The van der Waals surface area contributed by atoms with Crippen LogP contribution in [0.25, 0.3) is 0 Å². The van der Waals surface area contributed by atoms with Gasteiger partial charge in [0.25, 0.3) is 0 Å². The van der Waals surface area contributed by atoms with Gasteiger partial charge in [0, 0.05) is 16.3 Å². The molecule has 4 heteroatoms.